The number of ether oxygens (including phenoxy) is 1. The van der Waals surface area contributed by atoms with Crippen LogP contribution in [0.2, 0.25) is 0 Å². The molecule has 84 valence electrons. The van der Waals surface area contributed by atoms with Gasteiger partial charge in [0.15, 0.2) is 0 Å². The van der Waals surface area contributed by atoms with Crippen molar-refractivity contribution >= 4 is 0 Å². The van der Waals surface area contributed by atoms with E-state index in [0.29, 0.717) is 12.6 Å². The average molecular weight is 208 g/mol. The highest BCUT2D eigenvalue weighted by atomic mass is 16.5. The van der Waals surface area contributed by atoms with E-state index in [1.165, 1.54) is 12.8 Å². The highest BCUT2D eigenvalue weighted by Gasteiger charge is 2.00. The quantitative estimate of drug-likeness (QED) is 0.698. The molecule has 15 heavy (non-hydrogen) atoms. The molecule has 0 fully saturated rings. The monoisotopic (exact) mass is 208 g/mol. The molecule has 1 aromatic heterocycles. The molecule has 0 amide bonds. The summed E-state index contributed by atoms with van der Waals surface area (Å²) >= 11 is 0. The minimum Gasteiger partial charge on any atom is -0.491 e. The van der Waals surface area contributed by atoms with Crippen LogP contribution in [0.25, 0.3) is 0 Å². The second-order valence-corrected chi connectivity index (χ2v) is 3.50. The first-order valence-electron chi connectivity index (χ1n) is 5.63. The predicted octanol–water partition coefficient (Wildman–Crippen LogP) is 2.24. The molecule has 3 nitrogen and oxygen atoms in total. The van der Waals surface area contributed by atoms with Gasteiger partial charge < -0.3 is 10.1 Å². The summed E-state index contributed by atoms with van der Waals surface area (Å²) in [6, 6.07) is 4.41. The van der Waals surface area contributed by atoms with Crippen LogP contribution in [0.1, 0.15) is 26.7 Å². The number of rotatable bonds is 7. The zero-order valence-corrected chi connectivity index (χ0v) is 9.57. The second-order valence-electron chi connectivity index (χ2n) is 3.50. The number of aromatic nitrogens is 1. The standard InChI is InChI=1S/C12H20N2O/c1-3-11(4-2)14-8-9-15-12-6-5-7-13-10-12/h5-7,10-11,14H,3-4,8-9H2,1-2H3. The summed E-state index contributed by atoms with van der Waals surface area (Å²) < 4.78 is 5.52. The maximum atomic E-state index is 5.52. The van der Waals surface area contributed by atoms with Gasteiger partial charge in [-0.1, -0.05) is 13.8 Å². The van der Waals surface area contributed by atoms with Crippen molar-refractivity contribution in [1.82, 2.24) is 10.3 Å². The maximum Gasteiger partial charge on any atom is 0.137 e. The van der Waals surface area contributed by atoms with Crippen molar-refractivity contribution in [2.75, 3.05) is 13.2 Å². The van der Waals surface area contributed by atoms with Crippen molar-refractivity contribution in [3.05, 3.63) is 24.5 Å². The lowest BCUT2D eigenvalue weighted by Gasteiger charge is -2.14. The zero-order chi connectivity index (χ0) is 10.9. The molecule has 0 aromatic carbocycles. The van der Waals surface area contributed by atoms with E-state index in [9.17, 15) is 0 Å². The van der Waals surface area contributed by atoms with Gasteiger partial charge in [-0.3, -0.25) is 4.98 Å². The van der Waals surface area contributed by atoms with Crippen LogP contribution < -0.4 is 10.1 Å². The summed E-state index contributed by atoms with van der Waals surface area (Å²) in [7, 11) is 0. The molecular weight excluding hydrogens is 188 g/mol. The molecule has 0 atom stereocenters. The Morgan fingerprint density at radius 3 is 2.80 bits per heavy atom. The Bertz CT molecular complexity index is 247. The zero-order valence-electron chi connectivity index (χ0n) is 9.57. The van der Waals surface area contributed by atoms with Crippen molar-refractivity contribution in [3.8, 4) is 5.75 Å². The molecule has 0 aliphatic heterocycles. The first-order valence-corrected chi connectivity index (χ1v) is 5.63. The summed E-state index contributed by atoms with van der Waals surface area (Å²) in [6.45, 7) is 5.98. The molecule has 1 aromatic rings. The number of hydrogen-bond acceptors (Lipinski definition) is 3. The highest BCUT2D eigenvalue weighted by Crippen LogP contribution is 2.05. The number of nitrogens with zero attached hydrogens (tertiary/aromatic N) is 1. The molecule has 0 saturated heterocycles. The van der Waals surface area contributed by atoms with Gasteiger partial charge in [0.05, 0.1) is 6.20 Å². The predicted molar refractivity (Wildman–Crippen MR) is 62.1 cm³/mol. The van der Waals surface area contributed by atoms with Gasteiger partial charge in [-0.2, -0.15) is 0 Å². The van der Waals surface area contributed by atoms with Crippen LogP contribution in [-0.4, -0.2) is 24.2 Å². The van der Waals surface area contributed by atoms with Crippen molar-refractivity contribution < 1.29 is 4.74 Å². The van der Waals surface area contributed by atoms with E-state index in [0.717, 1.165) is 12.3 Å². The van der Waals surface area contributed by atoms with Crippen LogP contribution in [0.4, 0.5) is 0 Å². The Hall–Kier alpha value is -1.09. The lowest BCUT2D eigenvalue weighted by Crippen LogP contribution is -2.31. The molecule has 0 unspecified atom stereocenters. The van der Waals surface area contributed by atoms with Crippen LogP contribution >= 0.6 is 0 Å². The van der Waals surface area contributed by atoms with Gasteiger partial charge in [-0.25, -0.2) is 0 Å². The van der Waals surface area contributed by atoms with Crippen LogP contribution in [-0.2, 0) is 0 Å². The average Bonchev–Trinajstić information content (AvgIpc) is 2.31. The summed E-state index contributed by atoms with van der Waals surface area (Å²) in [6.07, 6.45) is 5.82. The van der Waals surface area contributed by atoms with Crippen LogP contribution in [0.3, 0.4) is 0 Å². The molecular formula is C12H20N2O. The Kier molecular flexibility index (Phi) is 5.78. The van der Waals surface area contributed by atoms with E-state index in [2.05, 4.69) is 24.1 Å². The summed E-state index contributed by atoms with van der Waals surface area (Å²) in [5, 5.41) is 3.44. The van der Waals surface area contributed by atoms with E-state index in [-0.39, 0.29) is 0 Å². The van der Waals surface area contributed by atoms with Crippen LogP contribution in [0.5, 0.6) is 5.75 Å². The summed E-state index contributed by atoms with van der Waals surface area (Å²) in [5.41, 5.74) is 0. The fourth-order valence-electron chi connectivity index (χ4n) is 1.44. The molecule has 0 bridgehead atoms. The van der Waals surface area contributed by atoms with Gasteiger partial charge in [-0.05, 0) is 25.0 Å². The Balaban J connectivity index is 2.12. The smallest absolute Gasteiger partial charge is 0.137 e. The van der Waals surface area contributed by atoms with Gasteiger partial charge in [0.1, 0.15) is 12.4 Å². The minimum atomic E-state index is 0.613. The Morgan fingerprint density at radius 2 is 2.20 bits per heavy atom. The molecule has 3 heteroatoms. The SMILES string of the molecule is CCC(CC)NCCOc1cccnc1. The van der Waals surface area contributed by atoms with Crippen molar-refractivity contribution in [2.45, 2.75) is 32.7 Å². The lowest BCUT2D eigenvalue weighted by atomic mass is 10.2. The normalized spacial score (nSPS) is 10.6. The van der Waals surface area contributed by atoms with E-state index >= 15 is 0 Å². The Labute approximate surface area is 91.9 Å². The largest absolute Gasteiger partial charge is 0.491 e. The topological polar surface area (TPSA) is 34.1 Å². The third-order valence-electron chi connectivity index (χ3n) is 2.42. The molecule has 1 heterocycles. The first kappa shape index (κ1) is 12.0. The van der Waals surface area contributed by atoms with Crippen molar-refractivity contribution in [1.29, 1.82) is 0 Å². The van der Waals surface area contributed by atoms with Crippen LogP contribution in [0, 0.1) is 0 Å². The molecule has 0 aliphatic rings. The number of nitrogens with one attached hydrogen (secondary N) is 1. The highest BCUT2D eigenvalue weighted by molar-refractivity contribution is 5.15. The maximum absolute atomic E-state index is 5.52. The van der Waals surface area contributed by atoms with Crippen molar-refractivity contribution in [2.24, 2.45) is 0 Å². The van der Waals surface area contributed by atoms with Gasteiger partial charge in [0.25, 0.3) is 0 Å². The van der Waals surface area contributed by atoms with E-state index in [4.69, 9.17) is 4.74 Å². The van der Waals surface area contributed by atoms with Crippen molar-refractivity contribution in [3.63, 3.8) is 0 Å². The second kappa shape index (κ2) is 7.23. The molecule has 1 N–H and O–H groups in total. The third-order valence-corrected chi connectivity index (χ3v) is 2.42. The van der Waals surface area contributed by atoms with Gasteiger partial charge >= 0.3 is 0 Å². The third kappa shape index (κ3) is 4.79. The fourth-order valence-corrected chi connectivity index (χ4v) is 1.44. The summed E-state index contributed by atoms with van der Waals surface area (Å²) in [5.74, 6) is 0.837. The first-order chi connectivity index (χ1) is 7.36. The Morgan fingerprint density at radius 1 is 1.40 bits per heavy atom. The number of hydrogen-bond donors (Lipinski definition) is 1. The molecule has 0 spiro atoms. The van der Waals surface area contributed by atoms with Gasteiger partial charge in [-0.15, -0.1) is 0 Å². The van der Waals surface area contributed by atoms with E-state index < -0.39 is 0 Å². The summed E-state index contributed by atoms with van der Waals surface area (Å²) in [4.78, 5) is 3.99. The molecule has 0 saturated carbocycles. The fraction of sp³-hybridized carbons (Fsp3) is 0.583. The molecule has 0 radical (unpaired) electrons. The molecule has 0 aliphatic carbocycles. The van der Waals surface area contributed by atoms with Gasteiger partial charge in [0.2, 0.25) is 0 Å². The number of pyridine rings is 1. The minimum absolute atomic E-state index is 0.613. The van der Waals surface area contributed by atoms with Gasteiger partial charge in [0, 0.05) is 18.8 Å². The van der Waals surface area contributed by atoms with Crippen LogP contribution in [0.15, 0.2) is 24.5 Å². The van der Waals surface area contributed by atoms with E-state index in [1.54, 1.807) is 12.4 Å². The lowest BCUT2D eigenvalue weighted by molar-refractivity contribution is 0.301. The molecule has 1 rings (SSSR count). The van der Waals surface area contributed by atoms with E-state index in [1.807, 2.05) is 12.1 Å².